The average molecular weight is 287 g/mol. The topological polar surface area (TPSA) is 38.0 Å². The molecule has 2 nitrogen and oxygen atoms in total. The van der Waals surface area contributed by atoms with Crippen LogP contribution >= 0.6 is 11.6 Å². The molecule has 0 aromatic heterocycles. The monoisotopic (exact) mass is 286 g/mol. The van der Waals surface area contributed by atoms with Gasteiger partial charge >= 0.3 is 0 Å². The lowest BCUT2D eigenvalue weighted by molar-refractivity contribution is 0.460. The highest BCUT2D eigenvalue weighted by Gasteiger charge is 2.09. The van der Waals surface area contributed by atoms with Gasteiger partial charge in [-0.25, -0.2) is 4.39 Å². The molecule has 0 aliphatic rings. The third-order valence-electron chi connectivity index (χ3n) is 3.36. The van der Waals surface area contributed by atoms with E-state index >= 15 is 0 Å². The van der Waals surface area contributed by atoms with E-state index < -0.39 is 0 Å². The summed E-state index contributed by atoms with van der Waals surface area (Å²) in [5.41, 5.74) is 3.75. The van der Waals surface area contributed by atoms with E-state index in [1.807, 2.05) is 6.07 Å². The second kappa shape index (κ2) is 9.29. The van der Waals surface area contributed by atoms with Crippen molar-refractivity contribution >= 4 is 11.6 Å². The van der Waals surface area contributed by atoms with Crippen molar-refractivity contribution in [1.82, 2.24) is 5.43 Å². The maximum absolute atomic E-state index is 13.3. The molecule has 0 fully saturated rings. The van der Waals surface area contributed by atoms with Crippen LogP contribution in [0.25, 0.3) is 0 Å². The third kappa shape index (κ3) is 6.37. The summed E-state index contributed by atoms with van der Waals surface area (Å²) in [6, 6.07) is 5.14. The quantitative estimate of drug-likeness (QED) is 0.405. The number of rotatable bonds is 9. The molecule has 0 saturated heterocycles. The van der Waals surface area contributed by atoms with Crippen LogP contribution in [0.4, 0.5) is 4.39 Å². The Balaban J connectivity index is 2.36. The predicted molar refractivity (Wildman–Crippen MR) is 79.6 cm³/mol. The van der Waals surface area contributed by atoms with E-state index in [0.29, 0.717) is 0 Å². The van der Waals surface area contributed by atoms with E-state index in [1.165, 1.54) is 31.7 Å². The molecule has 4 heteroatoms. The highest BCUT2D eigenvalue weighted by Crippen LogP contribution is 2.17. The smallest absolute Gasteiger partial charge is 0.142 e. The van der Waals surface area contributed by atoms with Crippen molar-refractivity contribution in [2.24, 2.45) is 5.84 Å². The molecule has 0 aliphatic carbocycles. The van der Waals surface area contributed by atoms with Gasteiger partial charge in [0.05, 0.1) is 5.02 Å². The van der Waals surface area contributed by atoms with Gasteiger partial charge in [0.25, 0.3) is 0 Å². The van der Waals surface area contributed by atoms with Gasteiger partial charge in [-0.2, -0.15) is 0 Å². The van der Waals surface area contributed by atoms with Gasteiger partial charge in [0, 0.05) is 6.04 Å². The summed E-state index contributed by atoms with van der Waals surface area (Å²) >= 11 is 5.67. The molecule has 0 amide bonds. The molecule has 1 aromatic rings. The summed E-state index contributed by atoms with van der Waals surface area (Å²) in [5.74, 6) is 5.20. The molecule has 1 rings (SSSR count). The van der Waals surface area contributed by atoms with E-state index in [4.69, 9.17) is 17.4 Å². The summed E-state index contributed by atoms with van der Waals surface area (Å²) in [6.07, 6.45) is 7.98. The molecule has 0 spiro atoms. The molecule has 1 aromatic carbocycles. The highest BCUT2D eigenvalue weighted by molar-refractivity contribution is 6.30. The standard InChI is InChI=1S/C15H24ClFN2/c1-2-3-4-5-6-7-13(19-18)10-12-8-9-14(16)15(17)11-12/h8-9,11,13,19H,2-7,10,18H2,1H3. The average Bonchev–Trinajstić information content (AvgIpc) is 2.41. The van der Waals surface area contributed by atoms with Crippen LogP contribution in [0, 0.1) is 5.82 Å². The van der Waals surface area contributed by atoms with Crippen LogP contribution < -0.4 is 11.3 Å². The molecular weight excluding hydrogens is 263 g/mol. The maximum atomic E-state index is 13.3. The van der Waals surface area contributed by atoms with Gasteiger partial charge in [0.2, 0.25) is 0 Å². The SMILES string of the molecule is CCCCCCCC(Cc1ccc(Cl)c(F)c1)NN. The highest BCUT2D eigenvalue weighted by atomic mass is 35.5. The van der Waals surface area contributed by atoms with Crippen LogP contribution in [0.3, 0.4) is 0 Å². The zero-order valence-corrected chi connectivity index (χ0v) is 12.3. The number of halogens is 2. The van der Waals surface area contributed by atoms with Crippen LogP contribution in [0.2, 0.25) is 5.02 Å². The van der Waals surface area contributed by atoms with Gasteiger partial charge in [-0.15, -0.1) is 0 Å². The van der Waals surface area contributed by atoms with Gasteiger partial charge in [0.1, 0.15) is 5.82 Å². The lowest BCUT2D eigenvalue weighted by atomic mass is 10.0. The Morgan fingerprint density at radius 1 is 1.26 bits per heavy atom. The number of hydrazine groups is 1. The fourth-order valence-corrected chi connectivity index (χ4v) is 2.31. The summed E-state index contributed by atoms with van der Waals surface area (Å²) in [4.78, 5) is 0. The van der Waals surface area contributed by atoms with Crippen LogP contribution in [-0.4, -0.2) is 6.04 Å². The first kappa shape index (κ1) is 16.4. The third-order valence-corrected chi connectivity index (χ3v) is 3.66. The Morgan fingerprint density at radius 3 is 2.63 bits per heavy atom. The Kier molecular flexibility index (Phi) is 8.03. The van der Waals surface area contributed by atoms with Gasteiger partial charge < -0.3 is 0 Å². The van der Waals surface area contributed by atoms with Gasteiger partial charge in [-0.3, -0.25) is 11.3 Å². The van der Waals surface area contributed by atoms with Crippen molar-refractivity contribution < 1.29 is 4.39 Å². The summed E-state index contributed by atoms with van der Waals surface area (Å²) < 4.78 is 13.3. The second-order valence-corrected chi connectivity index (χ2v) is 5.43. The maximum Gasteiger partial charge on any atom is 0.142 e. The molecule has 1 atom stereocenters. The van der Waals surface area contributed by atoms with E-state index in [2.05, 4.69) is 12.3 Å². The molecule has 0 saturated carbocycles. The number of nitrogens with one attached hydrogen (secondary N) is 1. The molecule has 19 heavy (non-hydrogen) atoms. The molecule has 3 N–H and O–H groups in total. The molecule has 108 valence electrons. The Bertz CT molecular complexity index is 371. The van der Waals surface area contributed by atoms with Crippen LogP contribution in [0.15, 0.2) is 18.2 Å². The van der Waals surface area contributed by atoms with Crippen molar-refractivity contribution in [3.05, 3.63) is 34.6 Å². The second-order valence-electron chi connectivity index (χ2n) is 5.02. The zero-order valence-electron chi connectivity index (χ0n) is 11.6. The lowest BCUT2D eigenvalue weighted by Crippen LogP contribution is -2.36. The van der Waals surface area contributed by atoms with Crippen molar-refractivity contribution in [2.75, 3.05) is 0 Å². The van der Waals surface area contributed by atoms with E-state index in [-0.39, 0.29) is 16.9 Å². The van der Waals surface area contributed by atoms with Gasteiger partial charge in [-0.05, 0) is 30.5 Å². The van der Waals surface area contributed by atoms with Gasteiger partial charge in [-0.1, -0.05) is 56.7 Å². The minimum Gasteiger partial charge on any atom is -0.271 e. The summed E-state index contributed by atoms with van der Waals surface area (Å²) in [6.45, 7) is 2.21. The van der Waals surface area contributed by atoms with E-state index in [1.54, 1.807) is 6.07 Å². The Hall–Kier alpha value is -0.640. The zero-order chi connectivity index (χ0) is 14.1. The molecule has 0 heterocycles. The van der Waals surface area contributed by atoms with E-state index in [0.717, 1.165) is 24.8 Å². The number of nitrogens with two attached hydrogens (primary N) is 1. The first-order valence-corrected chi connectivity index (χ1v) is 7.45. The van der Waals surface area contributed by atoms with E-state index in [9.17, 15) is 4.39 Å². The lowest BCUT2D eigenvalue weighted by Gasteiger charge is -2.16. The number of hydrogen-bond donors (Lipinski definition) is 2. The predicted octanol–water partition coefficient (Wildman–Crippen LogP) is 4.21. The van der Waals surface area contributed by atoms with Crippen LogP contribution in [-0.2, 0) is 6.42 Å². The Labute approximate surface area is 120 Å². The van der Waals surface area contributed by atoms with Crippen LogP contribution in [0.5, 0.6) is 0 Å². The molecule has 0 aliphatic heterocycles. The van der Waals surface area contributed by atoms with Crippen LogP contribution in [0.1, 0.15) is 51.0 Å². The largest absolute Gasteiger partial charge is 0.271 e. The van der Waals surface area contributed by atoms with Crippen molar-refractivity contribution in [1.29, 1.82) is 0 Å². The van der Waals surface area contributed by atoms with Gasteiger partial charge in [0.15, 0.2) is 0 Å². The molecule has 0 radical (unpaired) electrons. The fourth-order valence-electron chi connectivity index (χ4n) is 2.19. The fraction of sp³-hybridized carbons (Fsp3) is 0.600. The number of benzene rings is 1. The minimum absolute atomic E-state index is 0.167. The summed E-state index contributed by atoms with van der Waals surface area (Å²) in [5, 5.41) is 0.167. The van der Waals surface area contributed by atoms with Crippen molar-refractivity contribution in [3.63, 3.8) is 0 Å². The first-order chi connectivity index (χ1) is 9.17. The first-order valence-electron chi connectivity index (χ1n) is 7.07. The molecule has 1 unspecified atom stereocenters. The number of unbranched alkanes of at least 4 members (excludes halogenated alkanes) is 4. The Morgan fingerprint density at radius 2 is 2.00 bits per heavy atom. The van der Waals surface area contributed by atoms with Crippen molar-refractivity contribution in [2.45, 2.75) is 57.9 Å². The minimum atomic E-state index is -0.363. The van der Waals surface area contributed by atoms with Crippen molar-refractivity contribution in [3.8, 4) is 0 Å². The normalized spacial score (nSPS) is 12.6. The molecule has 0 bridgehead atoms. The molecular formula is C15H24ClFN2. The summed E-state index contributed by atoms with van der Waals surface area (Å²) in [7, 11) is 0. The number of hydrogen-bond acceptors (Lipinski definition) is 2.